The van der Waals surface area contributed by atoms with Gasteiger partial charge in [0.2, 0.25) is 5.91 Å². The van der Waals surface area contributed by atoms with Gasteiger partial charge in [0.05, 0.1) is 11.1 Å². The van der Waals surface area contributed by atoms with Crippen LogP contribution in [-0.2, 0) is 4.79 Å². The second-order valence-electron chi connectivity index (χ2n) is 4.09. The predicted molar refractivity (Wildman–Crippen MR) is 75.8 cm³/mol. The van der Waals surface area contributed by atoms with Gasteiger partial charge in [-0.25, -0.2) is 0 Å². The standard InChI is InChI=1S/C12H13ClF2N2O2S/c13-8-5-7(1-2-10(8)19-12(14)15)17-11(18)9-6-20-4-3-16-9/h1-2,5,9,12,16H,3-4,6H2,(H,17,18). The van der Waals surface area contributed by atoms with E-state index in [4.69, 9.17) is 11.6 Å². The van der Waals surface area contributed by atoms with Crippen molar-refractivity contribution in [3.63, 3.8) is 0 Å². The van der Waals surface area contributed by atoms with Crippen LogP contribution >= 0.6 is 23.4 Å². The lowest BCUT2D eigenvalue weighted by atomic mass is 10.2. The first-order valence-electron chi connectivity index (χ1n) is 5.92. The van der Waals surface area contributed by atoms with Crippen molar-refractivity contribution in [1.82, 2.24) is 5.32 Å². The first-order chi connectivity index (χ1) is 9.56. The van der Waals surface area contributed by atoms with Gasteiger partial charge in [-0.3, -0.25) is 4.79 Å². The molecule has 1 aliphatic rings. The smallest absolute Gasteiger partial charge is 0.387 e. The first-order valence-corrected chi connectivity index (χ1v) is 7.46. The molecule has 1 fully saturated rings. The number of alkyl halides is 2. The molecule has 1 unspecified atom stereocenters. The Bertz CT molecular complexity index is 485. The van der Waals surface area contributed by atoms with Gasteiger partial charge >= 0.3 is 6.61 Å². The van der Waals surface area contributed by atoms with Crippen molar-refractivity contribution in [3.8, 4) is 5.75 Å². The van der Waals surface area contributed by atoms with E-state index in [2.05, 4.69) is 15.4 Å². The van der Waals surface area contributed by atoms with Crippen LogP contribution in [0.4, 0.5) is 14.5 Å². The molecule has 1 heterocycles. The molecule has 4 nitrogen and oxygen atoms in total. The fraction of sp³-hybridized carbons (Fsp3) is 0.417. The number of halogens is 3. The number of benzene rings is 1. The van der Waals surface area contributed by atoms with Crippen LogP contribution < -0.4 is 15.4 Å². The molecule has 20 heavy (non-hydrogen) atoms. The highest BCUT2D eigenvalue weighted by Crippen LogP contribution is 2.29. The summed E-state index contributed by atoms with van der Waals surface area (Å²) in [5, 5.41) is 5.81. The third-order valence-corrected chi connectivity index (χ3v) is 4.01. The van der Waals surface area contributed by atoms with Crippen molar-refractivity contribution in [2.45, 2.75) is 12.7 Å². The Balaban J connectivity index is 1.99. The van der Waals surface area contributed by atoms with Crippen molar-refractivity contribution >= 4 is 35.0 Å². The first kappa shape index (κ1) is 15.3. The Labute approximate surface area is 124 Å². The second-order valence-corrected chi connectivity index (χ2v) is 5.65. The molecular weight excluding hydrogens is 310 g/mol. The average molecular weight is 323 g/mol. The molecule has 0 bridgehead atoms. The van der Waals surface area contributed by atoms with E-state index in [-0.39, 0.29) is 22.7 Å². The van der Waals surface area contributed by atoms with E-state index >= 15 is 0 Å². The zero-order valence-corrected chi connectivity index (χ0v) is 11.9. The van der Waals surface area contributed by atoms with E-state index in [1.54, 1.807) is 11.8 Å². The van der Waals surface area contributed by atoms with E-state index in [9.17, 15) is 13.6 Å². The van der Waals surface area contributed by atoms with E-state index in [0.717, 1.165) is 12.3 Å². The number of carbonyl (C=O) groups excluding carboxylic acids is 1. The van der Waals surface area contributed by atoms with Gasteiger partial charge in [0, 0.05) is 23.7 Å². The monoisotopic (exact) mass is 322 g/mol. The quantitative estimate of drug-likeness (QED) is 0.894. The minimum absolute atomic E-state index is 0.0223. The van der Waals surface area contributed by atoms with Crippen LogP contribution in [0.3, 0.4) is 0 Å². The number of hydrogen-bond donors (Lipinski definition) is 2. The number of anilines is 1. The largest absolute Gasteiger partial charge is 0.433 e. The van der Waals surface area contributed by atoms with Crippen molar-refractivity contribution < 1.29 is 18.3 Å². The SMILES string of the molecule is O=C(Nc1ccc(OC(F)F)c(Cl)c1)C1CSCCN1. The van der Waals surface area contributed by atoms with Crippen molar-refractivity contribution in [3.05, 3.63) is 23.2 Å². The molecule has 110 valence electrons. The normalized spacial score (nSPS) is 18.9. The third kappa shape index (κ3) is 4.22. The third-order valence-electron chi connectivity index (χ3n) is 2.65. The molecule has 0 spiro atoms. The minimum atomic E-state index is -2.93. The van der Waals surface area contributed by atoms with Crippen LogP contribution in [0.2, 0.25) is 5.02 Å². The zero-order chi connectivity index (χ0) is 14.5. The highest BCUT2D eigenvalue weighted by atomic mass is 35.5. The molecule has 1 aliphatic heterocycles. The molecule has 2 rings (SSSR count). The van der Waals surface area contributed by atoms with E-state index in [1.807, 2.05) is 0 Å². The molecule has 0 radical (unpaired) electrons. The number of ether oxygens (including phenoxy) is 1. The number of hydrogen-bond acceptors (Lipinski definition) is 4. The molecule has 1 aromatic carbocycles. The average Bonchev–Trinajstić information content (AvgIpc) is 2.42. The second kappa shape index (κ2) is 7.10. The van der Waals surface area contributed by atoms with Gasteiger partial charge in [-0.05, 0) is 18.2 Å². The maximum Gasteiger partial charge on any atom is 0.387 e. The van der Waals surface area contributed by atoms with E-state index in [1.165, 1.54) is 18.2 Å². The van der Waals surface area contributed by atoms with Gasteiger partial charge in [-0.1, -0.05) is 11.6 Å². The van der Waals surface area contributed by atoms with Gasteiger partial charge in [-0.15, -0.1) is 0 Å². The lowest BCUT2D eigenvalue weighted by molar-refractivity contribution is -0.117. The summed E-state index contributed by atoms with van der Waals surface area (Å²) in [6, 6.07) is 3.89. The molecule has 0 aliphatic carbocycles. The van der Waals surface area contributed by atoms with Crippen LogP contribution in [0, 0.1) is 0 Å². The van der Waals surface area contributed by atoms with Gasteiger partial charge in [0.15, 0.2) is 0 Å². The summed E-state index contributed by atoms with van der Waals surface area (Å²) in [6.07, 6.45) is 0. The van der Waals surface area contributed by atoms with Gasteiger partial charge in [-0.2, -0.15) is 20.5 Å². The summed E-state index contributed by atoms with van der Waals surface area (Å²) < 4.78 is 28.4. The summed E-state index contributed by atoms with van der Waals surface area (Å²) in [7, 11) is 0. The van der Waals surface area contributed by atoms with Gasteiger partial charge in [0.25, 0.3) is 0 Å². The molecule has 1 amide bonds. The molecular formula is C12H13ClF2N2O2S. The predicted octanol–water partition coefficient (Wildman–Crippen LogP) is 2.58. The van der Waals surface area contributed by atoms with Crippen molar-refractivity contribution in [1.29, 1.82) is 0 Å². The molecule has 1 atom stereocenters. The van der Waals surface area contributed by atoms with Crippen LogP contribution in [0.25, 0.3) is 0 Å². The fourth-order valence-corrected chi connectivity index (χ4v) is 2.89. The van der Waals surface area contributed by atoms with Crippen LogP contribution in [0.15, 0.2) is 18.2 Å². The molecule has 1 saturated heterocycles. The summed E-state index contributed by atoms with van der Waals surface area (Å²) in [5.74, 6) is 1.39. The number of thioether (sulfide) groups is 1. The minimum Gasteiger partial charge on any atom is -0.433 e. The summed E-state index contributed by atoms with van der Waals surface area (Å²) in [6.45, 7) is -2.15. The maximum atomic E-state index is 12.1. The molecule has 2 N–H and O–H groups in total. The maximum absolute atomic E-state index is 12.1. The Morgan fingerprint density at radius 2 is 2.35 bits per heavy atom. The number of carbonyl (C=O) groups is 1. The Morgan fingerprint density at radius 3 is 2.95 bits per heavy atom. The van der Waals surface area contributed by atoms with Crippen LogP contribution in [0.1, 0.15) is 0 Å². The molecule has 1 aromatic rings. The van der Waals surface area contributed by atoms with Crippen LogP contribution in [0.5, 0.6) is 5.75 Å². The van der Waals surface area contributed by atoms with Crippen molar-refractivity contribution in [2.24, 2.45) is 0 Å². The summed E-state index contributed by atoms with van der Waals surface area (Å²) in [5.41, 5.74) is 0.444. The fourth-order valence-electron chi connectivity index (χ4n) is 1.73. The number of amides is 1. The van der Waals surface area contributed by atoms with Gasteiger partial charge < -0.3 is 15.4 Å². The molecule has 8 heteroatoms. The lowest BCUT2D eigenvalue weighted by Crippen LogP contribution is -2.46. The Morgan fingerprint density at radius 1 is 1.55 bits per heavy atom. The van der Waals surface area contributed by atoms with Gasteiger partial charge in [0.1, 0.15) is 5.75 Å². The number of nitrogens with one attached hydrogen (secondary N) is 2. The van der Waals surface area contributed by atoms with E-state index < -0.39 is 6.61 Å². The lowest BCUT2D eigenvalue weighted by Gasteiger charge is -2.22. The Hall–Kier alpha value is -1.05. The summed E-state index contributed by atoms with van der Waals surface area (Å²) in [4.78, 5) is 12.0. The summed E-state index contributed by atoms with van der Waals surface area (Å²) >= 11 is 7.51. The highest BCUT2D eigenvalue weighted by molar-refractivity contribution is 7.99. The topological polar surface area (TPSA) is 50.4 Å². The Kier molecular flexibility index (Phi) is 5.45. The molecule has 0 aromatic heterocycles. The zero-order valence-electron chi connectivity index (χ0n) is 10.4. The van der Waals surface area contributed by atoms with E-state index in [0.29, 0.717) is 11.4 Å². The van der Waals surface area contributed by atoms with Crippen LogP contribution in [-0.4, -0.2) is 36.6 Å². The highest BCUT2D eigenvalue weighted by Gasteiger charge is 2.21. The van der Waals surface area contributed by atoms with Crippen molar-refractivity contribution in [2.75, 3.05) is 23.4 Å². The number of rotatable bonds is 4. The molecule has 0 saturated carbocycles.